The highest BCUT2D eigenvalue weighted by Gasteiger charge is 2.45. The van der Waals surface area contributed by atoms with Crippen molar-refractivity contribution in [1.82, 2.24) is 5.32 Å². The molecule has 27 heavy (non-hydrogen) atoms. The van der Waals surface area contributed by atoms with Crippen molar-refractivity contribution in [2.24, 2.45) is 0 Å². The molecule has 5 nitrogen and oxygen atoms in total. The fourth-order valence-corrected chi connectivity index (χ4v) is 3.76. The monoisotopic (exact) mass is 428 g/mol. The molecule has 1 aliphatic heterocycles. The number of ether oxygens (including phenoxy) is 1. The Morgan fingerprint density at radius 1 is 1.07 bits per heavy atom. The number of nitrogens with one attached hydrogen (secondary N) is 1. The van der Waals surface area contributed by atoms with Crippen LogP contribution in [0.3, 0.4) is 0 Å². The molecular formula is C21H21BrN2O3. The van der Waals surface area contributed by atoms with Gasteiger partial charge in [-0.3, -0.25) is 9.59 Å². The lowest BCUT2D eigenvalue weighted by molar-refractivity contribution is -0.126. The molecule has 0 aromatic heterocycles. The van der Waals surface area contributed by atoms with Gasteiger partial charge in [-0.25, -0.2) is 0 Å². The first kappa shape index (κ1) is 18.0. The Bertz CT molecular complexity index is 862. The van der Waals surface area contributed by atoms with Crippen molar-refractivity contribution in [3.63, 3.8) is 0 Å². The summed E-state index contributed by atoms with van der Waals surface area (Å²) >= 11 is 3.44. The molecule has 1 saturated carbocycles. The highest BCUT2D eigenvalue weighted by molar-refractivity contribution is 9.10. The summed E-state index contributed by atoms with van der Waals surface area (Å²) in [6.45, 7) is 0.988. The number of carbonyl (C=O) groups excluding carboxylic acids is 2. The van der Waals surface area contributed by atoms with Gasteiger partial charge in [-0.05, 0) is 42.7 Å². The maximum atomic E-state index is 12.6. The predicted octanol–water partition coefficient (Wildman–Crippen LogP) is 3.76. The van der Waals surface area contributed by atoms with E-state index in [1.165, 1.54) is 0 Å². The average molecular weight is 429 g/mol. The molecule has 2 aliphatic rings. The van der Waals surface area contributed by atoms with Gasteiger partial charge >= 0.3 is 0 Å². The molecule has 4 rings (SSSR count). The smallest absolute Gasteiger partial charge is 0.227 e. The van der Waals surface area contributed by atoms with Crippen LogP contribution in [0.15, 0.2) is 53.0 Å². The van der Waals surface area contributed by atoms with Gasteiger partial charge in [0.1, 0.15) is 12.4 Å². The zero-order valence-corrected chi connectivity index (χ0v) is 16.5. The van der Waals surface area contributed by atoms with Crippen molar-refractivity contribution < 1.29 is 14.3 Å². The van der Waals surface area contributed by atoms with Gasteiger partial charge in [0.05, 0.1) is 17.8 Å². The van der Waals surface area contributed by atoms with Crippen molar-refractivity contribution >= 4 is 33.4 Å². The van der Waals surface area contributed by atoms with E-state index in [1.54, 1.807) is 4.90 Å². The van der Waals surface area contributed by atoms with Crippen LogP contribution in [0.4, 0.5) is 5.69 Å². The molecular weight excluding hydrogens is 408 g/mol. The molecule has 2 aromatic rings. The lowest BCUT2D eigenvalue weighted by atomic mass is 10.0. The van der Waals surface area contributed by atoms with Crippen LogP contribution in [-0.4, -0.2) is 25.0 Å². The standard InChI is InChI=1S/C21H21BrN2O3/c22-16-7-5-15(6-8-16)21(11-12-21)23-19(25)9-10-20(26)24-13-14-27-18-4-2-1-3-17(18)24/h1-8H,9-14H2,(H,23,25). The second-order valence-electron chi connectivity index (χ2n) is 7.00. The Labute approximate surface area is 166 Å². The molecule has 0 atom stereocenters. The topological polar surface area (TPSA) is 58.6 Å². The molecule has 2 aromatic carbocycles. The summed E-state index contributed by atoms with van der Waals surface area (Å²) in [6.07, 6.45) is 2.25. The summed E-state index contributed by atoms with van der Waals surface area (Å²) in [5.74, 6) is 0.591. The van der Waals surface area contributed by atoms with E-state index in [-0.39, 0.29) is 30.2 Å². The third-order valence-electron chi connectivity index (χ3n) is 5.12. The zero-order valence-electron chi connectivity index (χ0n) is 14.9. The van der Waals surface area contributed by atoms with E-state index < -0.39 is 0 Å². The third kappa shape index (κ3) is 3.86. The largest absolute Gasteiger partial charge is 0.490 e. The van der Waals surface area contributed by atoms with Gasteiger partial charge in [-0.1, -0.05) is 40.2 Å². The number of hydrogen-bond donors (Lipinski definition) is 1. The summed E-state index contributed by atoms with van der Waals surface area (Å²) < 4.78 is 6.60. The minimum absolute atomic E-state index is 0.0469. The second-order valence-corrected chi connectivity index (χ2v) is 7.91. The molecule has 0 radical (unpaired) electrons. The highest BCUT2D eigenvalue weighted by Crippen LogP contribution is 2.45. The lowest BCUT2D eigenvalue weighted by Gasteiger charge is -2.29. The van der Waals surface area contributed by atoms with E-state index in [9.17, 15) is 9.59 Å². The number of para-hydroxylation sites is 2. The summed E-state index contributed by atoms with van der Waals surface area (Å²) in [4.78, 5) is 26.8. The van der Waals surface area contributed by atoms with Gasteiger partial charge in [-0.2, -0.15) is 0 Å². The van der Waals surface area contributed by atoms with Crippen molar-refractivity contribution in [3.8, 4) is 5.75 Å². The van der Waals surface area contributed by atoms with Crippen molar-refractivity contribution in [2.45, 2.75) is 31.2 Å². The Morgan fingerprint density at radius 2 is 1.81 bits per heavy atom. The van der Waals surface area contributed by atoms with E-state index in [1.807, 2.05) is 48.5 Å². The molecule has 0 unspecified atom stereocenters. The van der Waals surface area contributed by atoms with Gasteiger partial charge in [-0.15, -0.1) is 0 Å². The number of amides is 2. The van der Waals surface area contributed by atoms with Crippen LogP contribution in [0, 0.1) is 0 Å². The number of carbonyl (C=O) groups is 2. The van der Waals surface area contributed by atoms with Gasteiger partial charge in [0.25, 0.3) is 0 Å². The molecule has 2 amide bonds. The van der Waals surface area contributed by atoms with Gasteiger partial charge in [0.15, 0.2) is 0 Å². The highest BCUT2D eigenvalue weighted by atomic mass is 79.9. The Kier molecular flexibility index (Phi) is 4.91. The van der Waals surface area contributed by atoms with E-state index >= 15 is 0 Å². The molecule has 140 valence electrons. The number of hydrogen-bond acceptors (Lipinski definition) is 3. The number of fused-ring (bicyclic) bond motifs is 1. The Balaban J connectivity index is 1.35. The third-order valence-corrected chi connectivity index (χ3v) is 5.65. The fourth-order valence-electron chi connectivity index (χ4n) is 3.49. The van der Waals surface area contributed by atoms with E-state index in [0.29, 0.717) is 18.9 Å². The number of rotatable bonds is 5. The van der Waals surface area contributed by atoms with Gasteiger partial charge in [0, 0.05) is 17.3 Å². The Morgan fingerprint density at radius 3 is 2.56 bits per heavy atom. The maximum Gasteiger partial charge on any atom is 0.227 e. The fraction of sp³-hybridized carbons (Fsp3) is 0.333. The summed E-state index contributed by atoms with van der Waals surface area (Å²) in [6, 6.07) is 15.5. The summed E-state index contributed by atoms with van der Waals surface area (Å²) in [7, 11) is 0. The van der Waals surface area contributed by atoms with Crippen LogP contribution in [0.2, 0.25) is 0 Å². The molecule has 0 bridgehead atoms. The summed E-state index contributed by atoms with van der Waals surface area (Å²) in [5.41, 5.74) is 1.64. The van der Waals surface area contributed by atoms with Gasteiger partial charge in [0.2, 0.25) is 11.8 Å². The van der Waals surface area contributed by atoms with Crippen molar-refractivity contribution in [2.75, 3.05) is 18.1 Å². The number of halogens is 1. The molecule has 0 saturated heterocycles. The second kappa shape index (κ2) is 7.35. The molecule has 6 heteroatoms. The normalized spacial score (nSPS) is 16.9. The van der Waals surface area contributed by atoms with Crippen molar-refractivity contribution in [1.29, 1.82) is 0 Å². The van der Waals surface area contributed by atoms with Gasteiger partial charge < -0.3 is 15.0 Å². The first-order valence-corrected chi connectivity index (χ1v) is 9.96. The molecule has 1 N–H and O–H groups in total. The number of benzene rings is 2. The quantitative estimate of drug-likeness (QED) is 0.788. The maximum absolute atomic E-state index is 12.6. The number of nitrogens with zero attached hydrogens (tertiary/aromatic N) is 1. The van der Waals surface area contributed by atoms with Crippen molar-refractivity contribution in [3.05, 3.63) is 58.6 Å². The van der Waals surface area contributed by atoms with E-state index in [0.717, 1.165) is 28.6 Å². The first-order valence-electron chi connectivity index (χ1n) is 9.17. The molecule has 1 heterocycles. The zero-order chi connectivity index (χ0) is 18.9. The molecule has 1 fully saturated rings. The lowest BCUT2D eigenvalue weighted by Crippen LogP contribution is -2.39. The van der Waals surface area contributed by atoms with E-state index in [4.69, 9.17) is 4.74 Å². The predicted molar refractivity (Wildman–Crippen MR) is 107 cm³/mol. The average Bonchev–Trinajstić information content (AvgIpc) is 3.46. The van der Waals surface area contributed by atoms with Crippen LogP contribution in [0.1, 0.15) is 31.2 Å². The van der Waals surface area contributed by atoms with Crippen LogP contribution >= 0.6 is 15.9 Å². The van der Waals surface area contributed by atoms with Crippen LogP contribution in [0.25, 0.3) is 0 Å². The molecule has 0 spiro atoms. The minimum atomic E-state index is -0.258. The first-order chi connectivity index (χ1) is 13.1. The van der Waals surface area contributed by atoms with E-state index in [2.05, 4.69) is 21.2 Å². The molecule has 1 aliphatic carbocycles. The number of anilines is 1. The minimum Gasteiger partial charge on any atom is -0.490 e. The Hall–Kier alpha value is -2.34. The van der Waals surface area contributed by atoms with Crippen LogP contribution in [0.5, 0.6) is 5.75 Å². The SMILES string of the molecule is O=C(CCC(=O)N1CCOc2ccccc21)NC1(c2ccc(Br)cc2)CC1. The van der Waals surface area contributed by atoms with Crippen LogP contribution < -0.4 is 15.0 Å². The van der Waals surface area contributed by atoms with Crippen LogP contribution in [-0.2, 0) is 15.1 Å². The summed E-state index contributed by atoms with van der Waals surface area (Å²) in [5, 5.41) is 3.13.